The average molecular weight is 406 g/mol. The van der Waals surface area contributed by atoms with E-state index in [9.17, 15) is 13.2 Å². The number of aromatic nitrogens is 1. The number of benzene rings is 1. The summed E-state index contributed by atoms with van der Waals surface area (Å²) in [5.41, 5.74) is 3.47. The van der Waals surface area contributed by atoms with Gasteiger partial charge in [0.15, 0.2) is 0 Å². The van der Waals surface area contributed by atoms with Gasteiger partial charge in [0.25, 0.3) is 0 Å². The predicted molar refractivity (Wildman–Crippen MR) is 107 cm³/mol. The molecule has 0 N–H and O–H groups in total. The Hall–Kier alpha value is -2.03. The lowest BCUT2D eigenvalue weighted by atomic mass is 9.96. The highest BCUT2D eigenvalue weighted by molar-refractivity contribution is 7.92. The normalized spacial score (nSPS) is 16.6. The summed E-state index contributed by atoms with van der Waals surface area (Å²) in [4.78, 5) is 18.5. The highest BCUT2D eigenvalue weighted by Crippen LogP contribution is 2.23. The number of amides is 1. The van der Waals surface area contributed by atoms with Gasteiger partial charge >= 0.3 is 0 Å². The zero-order chi connectivity index (χ0) is 19.3. The van der Waals surface area contributed by atoms with Gasteiger partial charge in [0.2, 0.25) is 15.9 Å². The molecule has 8 heteroatoms. The minimum atomic E-state index is -3.47. The predicted octanol–water partition coefficient (Wildman–Crippen LogP) is 2.81. The van der Waals surface area contributed by atoms with Gasteiger partial charge in [-0.2, -0.15) is 4.31 Å². The molecule has 1 aromatic carbocycles. The molecule has 1 saturated heterocycles. The fraction of sp³-hybridized carbons (Fsp3) is 0.368. The van der Waals surface area contributed by atoms with Crippen molar-refractivity contribution in [2.24, 2.45) is 5.92 Å². The lowest BCUT2D eigenvalue weighted by molar-refractivity contribution is -0.136. The van der Waals surface area contributed by atoms with E-state index < -0.39 is 10.0 Å². The summed E-state index contributed by atoms with van der Waals surface area (Å²) in [7, 11) is -1.70. The maximum Gasteiger partial charge on any atom is 0.236 e. The van der Waals surface area contributed by atoms with Gasteiger partial charge in [-0.1, -0.05) is 30.3 Å². The summed E-state index contributed by atoms with van der Waals surface area (Å²) in [5, 5.41) is 3.18. The third kappa shape index (κ3) is 5.24. The molecule has 1 amide bonds. The molecule has 2 aromatic rings. The third-order valence-corrected chi connectivity index (χ3v) is 6.85. The van der Waals surface area contributed by atoms with Crippen molar-refractivity contribution < 1.29 is 13.2 Å². The first-order valence-electron chi connectivity index (χ1n) is 8.81. The van der Waals surface area contributed by atoms with Crippen LogP contribution in [0, 0.1) is 5.92 Å². The summed E-state index contributed by atoms with van der Waals surface area (Å²) in [6, 6.07) is 9.33. The number of sulfonamides is 1. The molecule has 0 atom stereocenters. The van der Waals surface area contributed by atoms with E-state index in [0.717, 1.165) is 11.3 Å². The summed E-state index contributed by atoms with van der Waals surface area (Å²) in [5.74, 6) is -0.0851. The number of hydrogen-bond donors (Lipinski definition) is 0. The third-order valence-electron chi connectivity index (χ3n) is 4.65. The van der Waals surface area contributed by atoms with Crippen LogP contribution < -0.4 is 0 Å². The topological polar surface area (TPSA) is 70.6 Å². The number of thiazole rings is 1. The zero-order valence-corrected chi connectivity index (χ0v) is 16.8. The van der Waals surface area contributed by atoms with Gasteiger partial charge in [-0.3, -0.25) is 4.79 Å². The number of rotatable bonds is 6. The van der Waals surface area contributed by atoms with Crippen molar-refractivity contribution in [1.29, 1.82) is 0 Å². The summed E-state index contributed by atoms with van der Waals surface area (Å²) in [6.07, 6.45) is 2.69. The molecular weight excluding hydrogens is 382 g/mol. The molecule has 27 heavy (non-hydrogen) atoms. The second kappa shape index (κ2) is 8.77. The molecule has 0 unspecified atom stereocenters. The van der Waals surface area contributed by atoms with E-state index >= 15 is 0 Å². The molecule has 1 fully saturated rings. The number of piperidine rings is 1. The molecule has 2 heterocycles. The lowest BCUT2D eigenvalue weighted by Crippen LogP contribution is -2.42. The van der Waals surface area contributed by atoms with Gasteiger partial charge < -0.3 is 4.90 Å². The Morgan fingerprint density at radius 2 is 2.00 bits per heavy atom. The summed E-state index contributed by atoms with van der Waals surface area (Å²) in [6.45, 7) is 1.21. The van der Waals surface area contributed by atoms with Crippen LogP contribution >= 0.6 is 11.3 Å². The van der Waals surface area contributed by atoms with Crippen molar-refractivity contribution in [3.8, 4) is 0 Å². The SMILES string of the molecule is CN(Cc1cscn1)C(=O)C1CCN(S(=O)(=O)/C=C/c2ccccc2)CC1. The van der Waals surface area contributed by atoms with Crippen LogP contribution in [0.5, 0.6) is 0 Å². The monoisotopic (exact) mass is 405 g/mol. The Morgan fingerprint density at radius 3 is 2.63 bits per heavy atom. The van der Waals surface area contributed by atoms with E-state index in [4.69, 9.17) is 0 Å². The largest absolute Gasteiger partial charge is 0.340 e. The Bertz CT molecular complexity index is 872. The smallest absolute Gasteiger partial charge is 0.236 e. The van der Waals surface area contributed by atoms with Crippen molar-refractivity contribution in [1.82, 2.24) is 14.2 Å². The molecule has 0 radical (unpaired) electrons. The number of carbonyl (C=O) groups excluding carboxylic acids is 1. The first kappa shape index (κ1) is 19.7. The van der Waals surface area contributed by atoms with Crippen LogP contribution in [-0.2, 0) is 21.4 Å². The summed E-state index contributed by atoms with van der Waals surface area (Å²) < 4.78 is 26.5. The molecule has 0 saturated carbocycles. The molecule has 1 aromatic heterocycles. The molecular formula is C19H23N3O3S2. The van der Waals surface area contributed by atoms with Crippen LogP contribution in [-0.4, -0.2) is 48.7 Å². The maximum absolute atomic E-state index is 12.6. The number of nitrogens with zero attached hydrogens (tertiary/aromatic N) is 3. The van der Waals surface area contributed by atoms with Gasteiger partial charge in [-0.15, -0.1) is 11.3 Å². The fourth-order valence-corrected chi connectivity index (χ4v) is 4.89. The van der Waals surface area contributed by atoms with E-state index in [1.165, 1.54) is 21.1 Å². The van der Waals surface area contributed by atoms with Crippen molar-refractivity contribution in [2.45, 2.75) is 19.4 Å². The Morgan fingerprint density at radius 1 is 1.30 bits per heavy atom. The minimum absolute atomic E-state index is 0.0554. The molecule has 1 aliphatic heterocycles. The van der Waals surface area contributed by atoms with Crippen LogP contribution in [0.1, 0.15) is 24.1 Å². The zero-order valence-electron chi connectivity index (χ0n) is 15.2. The first-order chi connectivity index (χ1) is 13.0. The van der Waals surface area contributed by atoms with Gasteiger partial charge in [-0.25, -0.2) is 13.4 Å². The van der Waals surface area contributed by atoms with E-state index in [1.54, 1.807) is 23.5 Å². The van der Waals surface area contributed by atoms with Gasteiger partial charge in [0.1, 0.15) is 0 Å². The van der Waals surface area contributed by atoms with Crippen molar-refractivity contribution in [3.63, 3.8) is 0 Å². The molecule has 144 valence electrons. The molecule has 0 aliphatic carbocycles. The average Bonchev–Trinajstić information content (AvgIpc) is 3.20. The van der Waals surface area contributed by atoms with Crippen molar-refractivity contribution in [3.05, 3.63) is 57.9 Å². The van der Waals surface area contributed by atoms with Crippen LogP contribution in [0.4, 0.5) is 0 Å². The van der Waals surface area contributed by atoms with Crippen LogP contribution in [0.2, 0.25) is 0 Å². The summed E-state index contributed by atoms with van der Waals surface area (Å²) >= 11 is 1.51. The van der Waals surface area contributed by atoms with Crippen LogP contribution in [0.15, 0.2) is 46.6 Å². The number of hydrogen-bond acceptors (Lipinski definition) is 5. The highest BCUT2D eigenvalue weighted by Gasteiger charge is 2.31. The Balaban J connectivity index is 1.54. The van der Waals surface area contributed by atoms with E-state index in [0.29, 0.717) is 32.5 Å². The Labute approximate surface area is 164 Å². The van der Waals surface area contributed by atoms with Crippen LogP contribution in [0.25, 0.3) is 6.08 Å². The fourth-order valence-electron chi connectivity index (χ4n) is 3.12. The standard InChI is InChI=1S/C19H23N3O3S2/c1-21(13-18-14-26-15-20-18)19(23)17-7-10-22(11-8-17)27(24,25)12-9-16-5-3-2-4-6-16/h2-6,9,12,14-15,17H,7-8,10-11,13H2,1H3/b12-9+. The minimum Gasteiger partial charge on any atom is -0.340 e. The van der Waals surface area contributed by atoms with Gasteiger partial charge in [0, 0.05) is 36.8 Å². The van der Waals surface area contributed by atoms with Crippen LogP contribution in [0.3, 0.4) is 0 Å². The second-order valence-electron chi connectivity index (χ2n) is 6.61. The van der Waals surface area contributed by atoms with Gasteiger partial charge in [-0.05, 0) is 24.5 Å². The quantitative estimate of drug-likeness (QED) is 0.741. The van der Waals surface area contributed by atoms with E-state index in [1.807, 2.05) is 35.7 Å². The highest BCUT2D eigenvalue weighted by atomic mass is 32.2. The molecule has 3 rings (SSSR count). The lowest BCUT2D eigenvalue weighted by Gasteiger charge is -2.31. The molecule has 0 spiro atoms. The Kier molecular flexibility index (Phi) is 6.41. The van der Waals surface area contributed by atoms with E-state index in [2.05, 4.69) is 4.98 Å². The van der Waals surface area contributed by atoms with E-state index in [-0.39, 0.29) is 11.8 Å². The number of carbonyl (C=O) groups is 1. The van der Waals surface area contributed by atoms with Crippen molar-refractivity contribution >= 4 is 33.3 Å². The molecule has 6 nitrogen and oxygen atoms in total. The molecule has 0 bridgehead atoms. The van der Waals surface area contributed by atoms with Crippen molar-refractivity contribution in [2.75, 3.05) is 20.1 Å². The van der Waals surface area contributed by atoms with Gasteiger partial charge in [0.05, 0.1) is 17.7 Å². The molecule has 1 aliphatic rings. The second-order valence-corrected chi connectivity index (χ2v) is 9.14. The first-order valence-corrected chi connectivity index (χ1v) is 11.3. The maximum atomic E-state index is 12.6.